The van der Waals surface area contributed by atoms with Crippen molar-refractivity contribution < 1.29 is 27.4 Å². The monoisotopic (exact) mass is 547 g/mol. The van der Waals surface area contributed by atoms with Crippen LogP contribution in [0.4, 0.5) is 17.1 Å². The Morgan fingerprint density at radius 1 is 1.21 bits per heavy atom. The maximum Gasteiger partial charge on any atom is 0.316 e. The largest absolute Gasteiger partial charge is 0.426 e. The van der Waals surface area contributed by atoms with E-state index in [2.05, 4.69) is 24.1 Å². The van der Waals surface area contributed by atoms with Crippen molar-refractivity contribution in [3.63, 3.8) is 0 Å². The van der Waals surface area contributed by atoms with Crippen LogP contribution in [0.3, 0.4) is 0 Å². The Balaban J connectivity index is 0.000000732. The fourth-order valence-electron chi connectivity index (χ4n) is 3.96. The number of nitro benzene ring substituents is 1. The van der Waals surface area contributed by atoms with Crippen molar-refractivity contribution in [3.8, 4) is 17.0 Å². The number of rotatable bonds is 7. The second kappa shape index (κ2) is 11.1. The zero-order chi connectivity index (χ0) is 28.4. The smallest absolute Gasteiger partial charge is 0.316 e. The summed E-state index contributed by atoms with van der Waals surface area (Å²) in [6, 6.07) is 8.50. The molecule has 0 bridgehead atoms. The van der Waals surface area contributed by atoms with E-state index in [0.29, 0.717) is 41.0 Å². The molecule has 3 aromatic rings. The molecule has 1 aliphatic rings. The fraction of sp³-hybridized carbons (Fsp3) is 0.440. The first kappa shape index (κ1) is 29.0. The van der Waals surface area contributed by atoms with E-state index >= 15 is 0 Å². The Kier molecular flexibility index (Phi) is 8.44. The lowest BCUT2D eigenvalue weighted by Gasteiger charge is -2.20. The first-order chi connectivity index (χ1) is 17.6. The lowest BCUT2D eigenvalue weighted by Crippen LogP contribution is -2.27. The van der Waals surface area contributed by atoms with E-state index in [1.165, 1.54) is 6.07 Å². The van der Waals surface area contributed by atoms with Gasteiger partial charge in [-0.15, -0.1) is 0 Å². The van der Waals surface area contributed by atoms with E-state index in [9.17, 15) is 23.3 Å². The van der Waals surface area contributed by atoms with Crippen molar-refractivity contribution in [2.45, 2.75) is 41.2 Å². The van der Waals surface area contributed by atoms with Gasteiger partial charge < -0.3 is 15.0 Å². The Bertz CT molecular complexity index is 1460. The molecule has 38 heavy (non-hydrogen) atoms. The Hall–Kier alpha value is -3.55. The third-order valence-corrected chi connectivity index (χ3v) is 5.94. The third-order valence-electron chi connectivity index (χ3n) is 5.94. The number of fused-ring (bicyclic) bond motifs is 2. The van der Waals surface area contributed by atoms with Gasteiger partial charge in [-0.25, -0.2) is 0 Å². The van der Waals surface area contributed by atoms with Crippen LogP contribution in [0.2, 0.25) is 0 Å². The molecular weight excluding hydrogens is 514 g/mol. The predicted octanol–water partition coefficient (Wildman–Crippen LogP) is 4.47. The number of hydrogen-bond acceptors (Lipinski definition) is 9. The molecule has 0 saturated carbocycles. The van der Waals surface area contributed by atoms with Gasteiger partial charge >= 0.3 is 5.97 Å². The number of likely N-dealkylation sites (N-methyl/N-ethyl adjacent to an activating group) is 1. The molecule has 0 radical (unpaired) electrons. The van der Waals surface area contributed by atoms with Gasteiger partial charge in [0.25, 0.3) is 15.8 Å². The normalized spacial score (nSPS) is 12.4. The number of carbonyl (C=O) groups excluding carboxylic acids is 1. The highest BCUT2D eigenvalue weighted by Crippen LogP contribution is 2.48. The molecule has 0 fully saturated rings. The summed E-state index contributed by atoms with van der Waals surface area (Å²) < 4.78 is 33.4. The van der Waals surface area contributed by atoms with Crippen molar-refractivity contribution in [1.29, 1.82) is 0 Å². The van der Waals surface area contributed by atoms with E-state index in [1.807, 2.05) is 4.68 Å². The Morgan fingerprint density at radius 3 is 2.39 bits per heavy atom. The summed E-state index contributed by atoms with van der Waals surface area (Å²) in [5.41, 5.74) is 2.70. The van der Waals surface area contributed by atoms with Gasteiger partial charge in [0.15, 0.2) is 0 Å². The van der Waals surface area contributed by atoms with Crippen LogP contribution in [0.15, 0.2) is 30.3 Å². The molecule has 2 aromatic carbocycles. The van der Waals surface area contributed by atoms with Gasteiger partial charge in [0.2, 0.25) is 0 Å². The van der Waals surface area contributed by atoms with E-state index in [4.69, 9.17) is 14.4 Å². The van der Waals surface area contributed by atoms with Gasteiger partial charge in [-0.3, -0.25) is 24.1 Å². The van der Waals surface area contributed by atoms with Crippen LogP contribution < -0.4 is 10.1 Å². The maximum absolute atomic E-state index is 12.4. The van der Waals surface area contributed by atoms with Gasteiger partial charge in [-0.1, -0.05) is 13.8 Å². The number of carbonyl (C=O) groups is 1. The average Bonchev–Trinajstić information content (AvgIpc) is 3.18. The molecule has 0 unspecified atom stereocenters. The summed E-state index contributed by atoms with van der Waals surface area (Å²) in [6.07, 6.45) is 0.715. The number of benzene rings is 2. The molecule has 206 valence electrons. The lowest BCUT2D eigenvalue weighted by atomic mass is 9.97. The maximum atomic E-state index is 12.4. The molecule has 0 spiro atoms. The summed E-state index contributed by atoms with van der Waals surface area (Å²) in [4.78, 5) is 26.0. The fourth-order valence-corrected chi connectivity index (χ4v) is 3.96. The highest BCUT2D eigenvalue weighted by Gasteiger charge is 2.30. The SMILES string of the molecule is CCN(CC)CCn1nc2c3c(c([N+](=O)[O-])ccc31)Nc1ccc(OC(=O)C(C)(C)C)cc1-2.CS(=O)(=O)O. The van der Waals surface area contributed by atoms with Gasteiger partial charge in [0.1, 0.15) is 17.1 Å². The standard InChI is InChI=1S/C24H29N5O4.CH4O3S/c1-6-27(7-2)12-13-28-18-10-11-19(29(31)32)22-20(18)21(26-28)16-14-15(8-9-17(16)25-22)33-23(30)24(3,4)5;1-5(2,3)4/h8-11,14,25H,6-7,12-13H2,1-5H3;1H3,(H,2,3,4). The second-order valence-electron chi connectivity index (χ2n) is 9.91. The van der Waals surface area contributed by atoms with Crippen molar-refractivity contribution in [2.24, 2.45) is 5.41 Å². The molecule has 13 heteroatoms. The van der Waals surface area contributed by atoms with Crippen LogP contribution >= 0.6 is 0 Å². The van der Waals surface area contributed by atoms with E-state index in [1.54, 1.807) is 45.0 Å². The molecule has 2 heterocycles. The molecule has 4 rings (SSSR count). The zero-order valence-electron chi connectivity index (χ0n) is 22.3. The van der Waals surface area contributed by atoms with Crippen LogP contribution in [-0.4, -0.2) is 64.4 Å². The van der Waals surface area contributed by atoms with Crippen LogP contribution in [0.25, 0.3) is 22.2 Å². The summed E-state index contributed by atoms with van der Waals surface area (Å²) in [5.74, 6) is 0.0763. The number of nitro groups is 1. The minimum absolute atomic E-state index is 0.000861. The number of nitrogens with one attached hydrogen (secondary N) is 1. The number of nitrogens with zero attached hydrogens (tertiary/aromatic N) is 4. The summed E-state index contributed by atoms with van der Waals surface area (Å²) >= 11 is 0. The molecule has 0 aliphatic carbocycles. The average molecular weight is 548 g/mol. The van der Waals surface area contributed by atoms with Crippen molar-refractivity contribution in [1.82, 2.24) is 14.7 Å². The van der Waals surface area contributed by atoms with E-state index in [-0.39, 0.29) is 16.6 Å². The van der Waals surface area contributed by atoms with Gasteiger partial charge in [0, 0.05) is 23.9 Å². The number of aromatic nitrogens is 2. The highest BCUT2D eigenvalue weighted by molar-refractivity contribution is 7.85. The lowest BCUT2D eigenvalue weighted by molar-refractivity contribution is -0.383. The number of esters is 1. The molecule has 0 amide bonds. The minimum atomic E-state index is -3.67. The van der Waals surface area contributed by atoms with Crippen molar-refractivity contribution in [3.05, 3.63) is 40.4 Å². The van der Waals surface area contributed by atoms with Gasteiger partial charge in [-0.2, -0.15) is 13.5 Å². The summed E-state index contributed by atoms with van der Waals surface area (Å²) in [6.45, 7) is 13.0. The Morgan fingerprint density at radius 2 is 1.84 bits per heavy atom. The Labute approximate surface area is 221 Å². The van der Waals surface area contributed by atoms with E-state index < -0.39 is 15.5 Å². The number of hydrogen-bond donors (Lipinski definition) is 2. The predicted molar refractivity (Wildman–Crippen MR) is 145 cm³/mol. The molecular formula is C25H33N5O7S. The van der Waals surface area contributed by atoms with Gasteiger partial charge in [-0.05, 0) is 58.1 Å². The van der Waals surface area contributed by atoms with Crippen molar-refractivity contribution >= 4 is 44.1 Å². The summed E-state index contributed by atoms with van der Waals surface area (Å²) in [7, 11) is -3.67. The minimum Gasteiger partial charge on any atom is -0.426 e. The first-order valence-electron chi connectivity index (χ1n) is 12.1. The molecule has 12 nitrogen and oxygen atoms in total. The van der Waals surface area contributed by atoms with E-state index in [0.717, 1.165) is 30.7 Å². The van der Waals surface area contributed by atoms with Crippen LogP contribution in [-0.2, 0) is 21.5 Å². The number of ether oxygens (including phenoxy) is 1. The topological polar surface area (TPSA) is 157 Å². The first-order valence-corrected chi connectivity index (χ1v) is 13.9. The quantitative estimate of drug-likeness (QED) is 0.111. The second-order valence-corrected chi connectivity index (χ2v) is 11.4. The third kappa shape index (κ3) is 6.65. The number of anilines is 2. The summed E-state index contributed by atoms with van der Waals surface area (Å²) in [5, 5.41) is 20.5. The van der Waals surface area contributed by atoms with Crippen LogP contribution in [0, 0.1) is 15.5 Å². The molecule has 0 saturated heterocycles. The van der Waals surface area contributed by atoms with Crippen LogP contribution in [0.5, 0.6) is 5.75 Å². The van der Waals surface area contributed by atoms with Crippen molar-refractivity contribution in [2.75, 3.05) is 31.2 Å². The molecule has 1 aliphatic heterocycles. The molecule has 2 N–H and O–H groups in total. The highest BCUT2D eigenvalue weighted by atomic mass is 32.2. The molecule has 0 atom stereocenters. The zero-order valence-corrected chi connectivity index (χ0v) is 23.1. The van der Waals surface area contributed by atoms with Crippen LogP contribution in [0.1, 0.15) is 34.6 Å². The van der Waals surface area contributed by atoms with Gasteiger partial charge in [0.05, 0.1) is 34.0 Å². The molecule has 1 aromatic heterocycles.